The molecule has 120 valence electrons. The highest BCUT2D eigenvalue weighted by Gasteiger charge is 2.18. The van der Waals surface area contributed by atoms with Gasteiger partial charge < -0.3 is 19.9 Å². The van der Waals surface area contributed by atoms with Crippen molar-refractivity contribution in [2.75, 3.05) is 46.3 Å². The quantitative estimate of drug-likeness (QED) is 0.503. The third kappa shape index (κ3) is 5.12. The number of nitrogens with two attached hydrogens (primary N) is 1. The third-order valence-electron chi connectivity index (χ3n) is 2.53. The number of halogens is 1. The Hall–Kier alpha value is -1.42. The van der Waals surface area contributed by atoms with Gasteiger partial charge in [-0.2, -0.15) is 0 Å². The summed E-state index contributed by atoms with van der Waals surface area (Å²) in [6.45, 7) is 1.02. The number of sulfonamides is 1. The molecule has 0 unspecified atom stereocenters. The molecule has 0 radical (unpaired) electrons. The summed E-state index contributed by atoms with van der Waals surface area (Å²) in [7, 11) is -1.07. The Bertz CT molecular complexity index is 542. The predicted molar refractivity (Wildman–Crippen MR) is 75.2 cm³/mol. The standard InChI is InChI=1S/C12H19FN2O5S/c1-18-5-6-20-4-3-15-21(16,17)9-7-10(13)12(19-2)11(14)8-9/h7-8,15H,3-6,14H2,1-2H3. The van der Waals surface area contributed by atoms with E-state index in [4.69, 9.17) is 19.9 Å². The first kappa shape index (κ1) is 17.6. The Morgan fingerprint density at radius 2 is 1.95 bits per heavy atom. The van der Waals surface area contributed by atoms with Gasteiger partial charge in [0.2, 0.25) is 10.0 Å². The highest BCUT2D eigenvalue weighted by atomic mass is 32.2. The van der Waals surface area contributed by atoms with Crippen molar-refractivity contribution < 1.29 is 27.0 Å². The Morgan fingerprint density at radius 3 is 2.52 bits per heavy atom. The molecule has 0 bridgehead atoms. The van der Waals surface area contributed by atoms with Crippen LogP contribution in [0.2, 0.25) is 0 Å². The number of ether oxygens (including phenoxy) is 3. The van der Waals surface area contributed by atoms with Gasteiger partial charge in [0, 0.05) is 13.7 Å². The van der Waals surface area contributed by atoms with Crippen molar-refractivity contribution in [2.45, 2.75) is 4.90 Å². The molecule has 21 heavy (non-hydrogen) atoms. The van der Waals surface area contributed by atoms with Crippen molar-refractivity contribution in [3.05, 3.63) is 17.9 Å². The fourth-order valence-corrected chi connectivity index (χ4v) is 2.59. The van der Waals surface area contributed by atoms with Crippen molar-refractivity contribution in [3.63, 3.8) is 0 Å². The van der Waals surface area contributed by atoms with Crippen LogP contribution in [-0.4, -0.2) is 49.0 Å². The molecular formula is C12H19FN2O5S. The smallest absolute Gasteiger partial charge is 0.240 e. The van der Waals surface area contributed by atoms with Gasteiger partial charge in [0.05, 0.1) is 37.5 Å². The first-order valence-corrected chi connectivity index (χ1v) is 7.60. The molecule has 1 rings (SSSR count). The maximum absolute atomic E-state index is 13.6. The fourth-order valence-electron chi connectivity index (χ4n) is 1.54. The third-order valence-corrected chi connectivity index (χ3v) is 3.97. The summed E-state index contributed by atoms with van der Waals surface area (Å²) in [5, 5.41) is 0. The van der Waals surface area contributed by atoms with E-state index in [0.717, 1.165) is 12.1 Å². The van der Waals surface area contributed by atoms with Gasteiger partial charge in [-0.15, -0.1) is 0 Å². The van der Waals surface area contributed by atoms with E-state index in [1.165, 1.54) is 14.2 Å². The minimum Gasteiger partial charge on any atom is -0.492 e. The molecule has 3 N–H and O–H groups in total. The summed E-state index contributed by atoms with van der Waals surface area (Å²) in [4.78, 5) is -0.268. The Balaban J connectivity index is 2.66. The number of methoxy groups -OCH3 is 2. The molecule has 0 saturated carbocycles. The number of rotatable bonds is 9. The molecule has 0 spiro atoms. The molecule has 0 aromatic heterocycles. The molecule has 0 aliphatic carbocycles. The number of anilines is 1. The van der Waals surface area contributed by atoms with E-state index < -0.39 is 15.8 Å². The van der Waals surface area contributed by atoms with E-state index in [9.17, 15) is 12.8 Å². The Labute approximate surface area is 123 Å². The molecule has 0 saturated heterocycles. The zero-order valence-corrected chi connectivity index (χ0v) is 12.7. The zero-order valence-electron chi connectivity index (χ0n) is 11.9. The van der Waals surface area contributed by atoms with E-state index in [1.54, 1.807) is 0 Å². The summed E-state index contributed by atoms with van der Waals surface area (Å²) in [6.07, 6.45) is 0. The van der Waals surface area contributed by atoms with Gasteiger partial charge in [0.1, 0.15) is 0 Å². The van der Waals surface area contributed by atoms with Crippen LogP contribution < -0.4 is 15.2 Å². The lowest BCUT2D eigenvalue weighted by Gasteiger charge is -2.10. The normalized spacial score (nSPS) is 11.6. The van der Waals surface area contributed by atoms with E-state index in [0.29, 0.717) is 13.2 Å². The predicted octanol–water partition coefficient (Wildman–Crippen LogP) is 0.358. The van der Waals surface area contributed by atoms with Gasteiger partial charge in [-0.3, -0.25) is 0 Å². The lowest BCUT2D eigenvalue weighted by Crippen LogP contribution is -2.28. The molecule has 7 nitrogen and oxygen atoms in total. The molecule has 1 aromatic carbocycles. The second-order valence-electron chi connectivity index (χ2n) is 4.03. The number of benzene rings is 1. The van der Waals surface area contributed by atoms with Crippen LogP contribution in [0.1, 0.15) is 0 Å². The van der Waals surface area contributed by atoms with Gasteiger partial charge in [-0.1, -0.05) is 0 Å². The highest BCUT2D eigenvalue weighted by Crippen LogP contribution is 2.28. The average Bonchev–Trinajstić information content (AvgIpc) is 2.42. The summed E-state index contributed by atoms with van der Waals surface area (Å²) in [5.41, 5.74) is 5.45. The molecule has 0 amide bonds. The largest absolute Gasteiger partial charge is 0.492 e. The lowest BCUT2D eigenvalue weighted by atomic mass is 10.3. The molecule has 0 heterocycles. The van der Waals surface area contributed by atoms with Gasteiger partial charge in [0.15, 0.2) is 11.6 Å². The van der Waals surface area contributed by atoms with Crippen LogP contribution in [0, 0.1) is 5.82 Å². The SMILES string of the molecule is COCCOCCNS(=O)(=O)c1cc(N)c(OC)c(F)c1. The van der Waals surface area contributed by atoms with Crippen molar-refractivity contribution >= 4 is 15.7 Å². The minimum atomic E-state index is -3.86. The monoisotopic (exact) mass is 322 g/mol. The van der Waals surface area contributed by atoms with Crippen LogP contribution in [0.15, 0.2) is 17.0 Å². The van der Waals surface area contributed by atoms with Crippen LogP contribution in [0.3, 0.4) is 0 Å². The van der Waals surface area contributed by atoms with Crippen LogP contribution in [0.5, 0.6) is 5.75 Å². The zero-order chi connectivity index (χ0) is 15.9. The number of nitrogens with one attached hydrogen (secondary N) is 1. The second kappa shape index (κ2) is 8.13. The van der Waals surface area contributed by atoms with Crippen LogP contribution in [-0.2, 0) is 19.5 Å². The molecular weight excluding hydrogens is 303 g/mol. The maximum Gasteiger partial charge on any atom is 0.240 e. The minimum absolute atomic E-state index is 0.0552. The maximum atomic E-state index is 13.6. The van der Waals surface area contributed by atoms with Crippen LogP contribution >= 0.6 is 0 Å². The Kier molecular flexibility index (Phi) is 6.82. The topological polar surface area (TPSA) is 99.9 Å². The summed E-state index contributed by atoms with van der Waals surface area (Å²) >= 11 is 0. The molecule has 1 aromatic rings. The van der Waals surface area contributed by atoms with Gasteiger partial charge in [0.25, 0.3) is 0 Å². The summed E-state index contributed by atoms with van der Waals surface area (Å²) < 4.78 is 54.5. The van der Waals surface area contributed by atoms with Crippen molar-refractivity contribution in [1.29, 1.82) is 0 Å². The van der Waals surface area contributed by atoms with E-state index in [-0.39, 0.29) is 29.5 Å². The average molecular weight is 322 g/mol. The molecule has 0 atom stereocenters. The van der Waals surface area contributed by atoms with Gasteiger partial charge in [-0.25, -0.2) is 17.5 Å². The number of hydrogen-bond acceptors (Lipinski definition) is 6. The van der Waals surface area contributed by atoms with E-state index in [2.05, 4.69) is 4.72 Å². The highest BCUT2D eigenvalue weighted by molar-refractivity contribution is 7.89. The molecule has 0 aliphatic heterocycles. The van der Waals surface area contributed by atoms with Crippen LogP contribution in [0.25, 0.3) is 0 Å². The van der Waals surface area contributed by atoms with Gasteiger partial charge in [-0.05, 0) is 12.1 Å². The first-order valence-electron chi connectivity index (χ1n) is 6.11. The second-order valence-corrected chi connectivity index (χ2v) is 5.80. The molecule has 9 heteroatoms. The lowest BCUT2D eigenvalue weighted by molar-refractivity contribution is 0.0736. The van der Waals surface area contributed by atoms with Crippen LogP contribution in [0.4, 0.5) is 10.1 Å². The number of hydrogen-bond donors (Lipinski definition) is 2. The van der Waals surface area contributed by atoms with Crippen molar-refractivity contribution in [1.82, 2.24) is 4.72 Å². The van der Waals surface area contributed by atoms with E-state index >= 15 is 0 Å². The fraction of sp³-hybridized carbons (Fsp3) is 0.500. The van der Waals surface area contributed by atoms with Crippen molar-refractivity contribution in [2.24, 2.45) is 0 Å². The van der Waals surface area contributed by atoms with Crippen molar-refractivity contribution in [3.8, 4) is 5.75 Å². The van der Waals surface area contributed by atoms with Gasteiger partial charge >= 0.3 is 0 Å². The van der Waals surface area contributed by atoms with E-state index in [1.807, 2.05) is 0 Å². The first-order chi connectivity index (χ1) is 9.92. The molecule has 0 aliphatic rings. The number of nitrogen functional groups attached to an aromatic ring is 1. The summed E-state index contributed by atoms with van der Waals surface area (Å²) in [6, 6.07) is 1.99. The summed E-state index contributed by atoms with van der Waals surface area (Å²) in [5.74, 6) is -1.02. The molecule has 0 fully saturated rings. The Morgan fingerprint density at radius 1 is 1.24 bits per heavy atom.